The van der Waals surface area contributed by atoms with Gasteiger partial charge in [-0.25, -0.2) is 0 Å². The first-order valence-electron chi connectivity index (χ1n) is 7.00. The van der Waals surface area contributed by atoms with Crippen LogP contribution in [0.2, 0.25) is 0 Å². The van der Waals surface area contributed by atoms with Crippen LogP contribution in [-0.2, 0) is 4.79 Å². The summed E-state index contributed by atoms with van der Waals surface area (Å²) in [6, 6.07) is 5.63. The van der Waals surface area contributed by atoms with Gasteiger partial charge in [0.1, 0.15) is 0 Å². The van der Waals surface area contributed by atoms with Crippen molar-refractivity contribution in [2.75, 3.05) is 12.8 Å². The normalized spacial score (nSPS) is 11.1. The van der Waals surface area contributed by atoms with Crippen molar-refractivity contribution >= 4 is 33.5 Å². The van der Waals surface area contributed by atoms with Crippen LogP contribution in [0.5, 0.6) is 11.5 Å². The molecule has 0 bridgehead atoms. The molecule has 0 aliphatic rings. The fraction of sp³-hybridized carbons (Fsp3) is 0.235. The number of nitrogens with one attached hydrogen (secondary N) is 1. The summed E-state index contributed by atoms with van der Waals surface area (Å²) < 4.78 is 11.0. The average Bonchev–Trinajstić information content (AvgIpc) is 2.83. The van der Waals surface area contributed by atoms with Crippen LogP contribution >= 0.6 is 0 Å². The van der Waals surface area contributed by atoms with E-state index in [1.165, 1.54) is 6.92 Å². The summed E-state index contributed by atoms with van der Waals surface area (Å²) in [6.07, 6.45) is 0. The Morgan fingerprint density at radius 1 is 1.18 bits per heavy atom. The van der Waals surface area contributed by atoms with E-state index in [2.05, 4.69) is 4.98 Å². The maximum atomic E-state index is 11.5. The zero-order valence-corrected chi connectivity index (χ0v) is 13.0. The van der Waals surface area contributed by atoms with Crippen molar-refractivity contribution in [3.63, 3.8) is 0 Å². The third-order valence-corrected chi connectivity index (χ3v) is 3.98. The largest absolute Gasteiger partial charge is 0.493 e. The minimum absolute atomic E-state index is 0.388. The number of nitrogen functional groups attached to an aromatic ring is 1. The predicted octanol–water partition coefficient (Wildman–Crippen LogP) is 3.45. The molecular formula is C17H18N2O3. The van der Waals surface area contributed by atoms with E-state index in [1.54, 1.807) is 7.11 Å². The number of carbonyl (C=O) groups is 1. The summed E-state index contributed by atoms with van der Waals surface area (Å²) in [5.74, 6) is 0.620. The molecule has 1 aromatic heterocycles. The smallest absolute Gasteiger partial charge is 0.308 e. The van der Waals surface area contributed by atoms with E-state index in [1.807, 2.05) is 32.0 Å². The van der Waals surface area contributed by atoms with Crippen molar-refractivity contribution in [1.29, 1.82) is 0 Å². The summed E-state index contributed by atoms with van der Waals surface area (Å²) in [5.41, 5.74) is 10.4. The first kappa shape index (κ1) is 14.3. The van der Waals surface area contributed by atoms with Gasteiger partial charge in [0.05, 0.1) is 18.0 Å². The second-order valence-electron chi connectivity index (χ2n) is 5.39. The fourth-order valence-electron chi connectivity index (χ4n) is 2.86. The highest BCUT2D eigenvalue weighted by Crippen LogP contribution is 2.44. The number of aryl methyl sites for hydroxylation is 1. The van der Waals surface area contributed by atoms with Crippen LogP contribution in [0.15, 0.2) is 18.2 Å². The SMILES string of the molecule is COc1c(C)c(C)c2[nH]c3ccc(N)cc3c2c1OC(C)=O. The van der Waals surface area contributed by atoms with Crippen molar-refractivity contribution in [3.05, 3.63) is 29.3 Å². The molecular weight excluding hydrogens is 280 g/mol. The standard InChI is InChI=1S/C17H18N2O3/c1-8-9(2)16(21-4)17(22-10(3)20)14-12-7-11(18)5-6-13(12)19-15(8)14/h5-7,19H,18H2,1-4H3. The lowest BCUT2D eigenvalue weighted by Crippen LogP contribution is -2.05. The number of hydrogen-bond donors (Lipinski definition) is 2. The average molecular weight is 298 g/mol. The predicted molar refractivity (Wildman–Crippen MR) is 87.6 cm³/mol. The van der Waals surface area contributed by atoms with Crippen LogP contribution in [0.4, 0.5) is 5.69 Å². The lowest BCUT2D eigenvalue weighted by molar-refractivity contribution is -0.131. The van der Waals surface area contributed by atoms with Gasteiger partial charge < -0.3 is 20.2 Å². The van der Waals surface area contributed by atoms with Gasteiger partial charge in [-0.15, -0.1) is 0 Å². The Balaban J connectivity index is 2.55. The number of ether oxygens (including phenoxy) is 2. The quantitative estimate of drug-likeness (QED) is 0.431. The highest BCUT2D eigenvalue weighted by molar-refractivity contribution is 6.14. The monoisotopic (exact) mass is 298 g/mol. The Labute approximate surface area is 128 Å². The number of benzene rings is 2. The van der Waals surface area contributed by atoms with Gasteiger partial charge in [-0.3, -0.25) is 4.79 Å². The lowest BCUT2D eigenvalue weighted by atomic mass is 10.0. The molecule has 5 heteroatoms. The molecule has 0 amide bonds. The molecule has 22 heavy (non-hydrogen) atoms. The van der Waals surface area contributed by atoms with Crippen LogP contribution in [0, 0.1) is 13.8 Å². The van der Waals surface area contributed by atoms with Gasteiger partial charge in [-0.05, 0) is 43.2 Å². The Bertz CT molecular complexity index is 910. The van der Waals surface area contributed by atoms with E-state index in [0.29, 0.717) is 17.2 Å². The third-order valence-electron chi connectivity index (χ3n) is 3.98. The van der Waals surface area contributed by atoms with Crippen LogP contribution in [0.25, 0.3) is 21.8 Å². The number of carbonyl (C=O) groups excluding carboxylic acids is 1. The first-order chi connectivity index (χ1) is 10.4. The van der Waals surface area contributed by atoms with Gasteiger partial charge in [0.25, 0.3) is 0 Å². The number of aromatic nitrogens is 1. The Hall–Kier alpha value is -2.69. The molecule has 0 radical (unpaired) electrons. The molecule has 0 fully saturated rings. The number of anilines is 1. The molecule has 0 atom stereocenters. The van der Waals surface area contributed by atoms with Gasteiger partial charge >= 0.3 is 5.97 Å². The molecule has 3 N–H and O–H groups in total. The molecule has 0 spiro atoms. The number of aromatic amines is 1. The number of methoxy groups -OCH3 is 1. The van der Waals surface area contributed by atoms with E-state index in [4.69, 9.17) is 15.2 Å². The fourth-order valence-corrected chi connectivity index (χ4v) is 2.86. The minimum Gasteiger partial charge on any atom is -0.493 e. The molecule has 3 rings (SSSR count). The second-order valence-corrected chi connectivity index (χ2v) is 5.39. The van der Waals surface area contributed by atoms with Crippen molar-refractivity contribution in [2.24, 2.45) is 0 Å². The van der Waals surface area contributed by atoms with Gasteiger partial charge in [-0.1, -0.05) is 0 Å². The van der Waals surface area contributed by atoms with E-state index in [-0.39, 0.29) is 5.97 Å². The number of nitrogens with two attached hydrogens (primary N) is 1. The van der Waals surface area contributed by atoms with E-state index < -0.39 is 0 Å². The molecule has 1 heterocycles. The molecule has 2 aromatic carbocycles. The van der Waals surface area contributed by atoms with Crippen molar-refractivity contribution in [3.8, 4) is 11.5 Å². The minimum atomic E-state index is -0.388. The first-order valence-corrected chi connectivity index (χ1v) is 7.00. The van der Waals surface area contributed by atoms with Gasteiger partial charge in [-0.2, -0.15) is 0 Å². The molecule has 0 saturated heterocycles. The topological polar surface area (TPSA) is 77.3 Å². The van der Waals surface area contributed by atoms with Crippen molar-refractivity contribution in [2.45, 2.75) is 20.8 Å². The highest BCUT2D eigenvalue weighted by atomic mass is 16.6. The van der Waals surface area contributed by atoms with Crippen LogP contribution in [0.1, 0.15) is 18.1 Å². The molecule has 114 valence electrons. The van der Waals surface area contributed by atoms with Crippen molar-refractivity contribution in [1.82, 2.24) is 4.98 Å². The maximum Gasteiger partial charge on any atom is 0.308 e. The Kier molecular flexibility index (Phi) is 3.20. The summed E-state index contributed by atoms with van der Waals surface area (Å²) in [6.45, 7) is 5.33. The summed E-state index contributed by atoms with van der Waals surface area (Å²) in [5, 5.41) is 1.73. The second kappa shape index (κ2) is 4.94. The number of esters is 1. The molecule has 0 aliphatic carbocycles. The van der Waals surface area contributed by atoms with Crippen LogP contribution in [0.3, 0.4) is 0 Å². The Morgan fingerprint density at radius 3 is 2.55 bits per heavy atom. The molecule has 0 unspecified atom stereocenters. The summed E-state index contributed by atoms with van der Waals surface area (Å²) in [7, 11) is 1.57. The van der Waals surface area contributed by atoms with E-state index >= 15 is 0 Å². The summed E-state index contributed by atoms with van der Waals surface area (Å²) >= 11 is 0. The molecule has 5 nitrogen and oxygen atoms in total. The highest BCUT2D eigenvalue weighted by Gasteiger charge is 2.22. The number of H-pyrrole nitrogens is 1. The molecule has 0 aliphatic heterocycles. The zero-order valence-electron chi connectivity index (χ0n) is 13.0. The molecule has 0 saturated carbocycles. The Morgan fingerprint density at radius 2 is 1.91 bits per heavy atom. The maximum absolute atomic E-state index is 11.5. The van der Waals surface area contributed by atoms with Crippen LogP contribution < -0.4 is 15.2 Å². The van der Waals surface area contributed by atoms with Gasteiger partial charge in [0, 0.05) is 23.5 Å². The number of rotatable bonds is 2. The summed E-state index contributed by atoms with van der Waals surface area (Å²) in [4.78, 5) is 14.9. The van der Waals surface area contributed by atoms with Crippen molar-refractivity contribution < 1.29 is 14.3 Å². The number of fused-ring (bicyclic) bond motifs is 3. The van der Waals surface area contributed by atoms with Crippen LogP contribution in [-0.4, -0.2) is 18.1 Å². The third kappa shape index (κ3) is 1.97. The lowest BCUT2D eigenvalue weighted by Gasteiger charge is -2.15. The van der Waals surface area contributed by atoms with E-state index in [0.717, 1.165) is 32.9 Å². The number of hydrogen-bond acceptors (Lipinski definition) is 4. The van der Waals surface area contributed by atoms with Gasteiger partial charge in [0.15, 0.2) is 11.5 Å². The van der Waals surface area contributed by atoms with E-state index in [9.17, 15) is 4.79 Å². The van der Waals surface area contributed by atoms with Gasteiger partial charge in [0.2, 0.25) is 0 Å². The zero-order chi connectivity index (χ0) is 16.0. The molecule has 3 aromatic rings.